The highest BCUT2D eigenvalue weighted by Crippen LogP contribution is 2.56. The predicted octanol–water partition coefficient (Wildman–Crippen LogP) is 9.17. The Balaban J connectivity index is 0.000000480. The Bertz CT molecular complexity index is 661. The molecule has 0 aliphatic heterocycles. The van der Waals surface area contributed by atoms with Crippen LogP contribution in [0.2, 0.25) is 0 Å². The summed E-state index contributed by atoms with van der Waals surface area (Å²) in [7, 11) is 0. The molecule has 4 aliphatic carbocycles. The smallest absolute Gasteiger partial charge is 0.408 e. The second-order valence-corrected chi connectivity index (χ2v) is 11.1. The second kappa shape index (κ2) is 17.1. The molecule has 0 aromatic rings. The number of hydrogen-bond donors (Lipinski definition) is 1. The van der Waals surface area contributed by atoms with E-state index in [1.54, 1.807) is 5.57 Å². The summed E-state index contributed by atoms with van der Waals surface area (Å²) in [5.41, 5.74) is 1.58. The minimum Gasteiger partial charge on any atom is -0.446 e. The van der Waals surface area contributed by atoms with Gasteiger partial charge >= 0.3 is 6.09 Å². The maximum absolute atomic E-state index is 11.7. The first kappa shape index (κ1) is 31.6. The highest BCUT2D eigenvalue weighted by Gasteiger charge is 2.47. The van der Waals surface area contributed by atoms with E-state index in [4.69, 9.17) is 11.2 Å². The lowest BCUT2D eigenvalue weighted by Gasteiger charge is -2.49. The van der Waals surface area contributed by atoms with E-state index in [-0.39, 0.29) is 26.2 Å². The van der Waals surface area contributed by atoms with Crippen molar-refractivity contribution in [2.24, 2.45) is 35.5 Å². The fourth-order valence-corrected chi connectivity index (χ4v) is 7.07. The summed E-state index contributed by atoms with van der Waals surface area (Å²) < 4.78 is 5.56. The predicted molar refractivity (Wildman–Crippen MR) is 151 cm³/mol. The number of alkyl carbamates (subject to hydrolysis) is 1. The van der Waals surface area contributed by atoms with Crippen molar-refractivity contribution in [3.05, 3.63) is 11.6 Å². The van der Waals surface area contributed by atoms with E-state index < -0.39 is 0 Å². The minimum atomic E-state index is -0.364. The summed E-state index contributed by atoms with van der Waals surface area (Å²) in [6, 6.07) is 0. The molecule has 6 atom stereocenters. The van der Waals surface area contributed by atoms with E-state index in [1.165, 1.54) is 70.6 Å². The Labute approximate surface area is 218 Å². The first-order valence-electron chi connectivity index (χ1n) is 14.6. The average Bonchev–Trinajstić information content (AvgIpc) is 3.33. The normalized spacial score (nSPS) is 30.3. The lowest BCUT2D eigenvalue weighted by molar-refractivity contribution is 0.0346. The van der Waals surface area contributed by atoms with Gasteiger partial charge in [0.05, 0.1) is 6.54 Å². The van der Waals surface area contributed by atoms with E-state index in [2.05, 4.69) is 38.1 Å². The van der Waals surface area contributed by atoms with Gasteiger partial charge in [0.2, 0.25) is 0 Å². The van der Waals surface area contributed by atoms with Gasteiger partial charge in [0.25, 0.3) is 0 Å². The molecule has 202 valence electrons. The molecule has 0 aromatic heterocycles. The number of carbonyl (C=O) groups is 1. The highest BCUT2D eigenvalue weighted by molar-refractivity contribution is 5.67. The van der Waals surface area contributed by atoms with Crippen molar-refractivity contribution in [2.75, 3.05) is 6.54 Å². The van der Waals surface area contributed by atoms with Gasteiger partial charge in [-0.2, -0.15) is 0 Å². The number of nitrogens with one attached hydrogen (secondary N) is 1. The summed E-state index contributed by atoms with van der Waals surface area (Å²) in [6.07, 6.45) is 24.7. The van der Waals surface area contributed by atoms with Gasteiger partial charge in [-0.05, 0) is 74.0 Å². The maximum Gasteiger partial charge on any atom is 0.408 e. The number of amides is 1. The van der Waals surface area contributed by atoms with E-state index >= 15 is 0 Å². The molecular weight excluding hydrogens is 430 g/mol. The minimum absolute atomic E-state index is 0. The van der Waals surface area contributed by atoms with Crippen LogP contribution < -0.4 is 5.32 Å². The van der Waals surface area contributed by atoms with Gasteiger partial charge in [0, 0.05) is 6.42 Å². The fourth-order valence-electron chi connectivity index (χ4n) is 7.07. The molecule has 6 unspecified atom stereocenters. The quantitative estimate of drug-likeness (QED) is 0.230. The van der Waals surface area contributed by atoms with Crippen LogP contribution in [-0.2, 0) is 4.74 Å². The molecule has 1 N–H and O–H groups in total. The van der Waals surface area contributed by atoms with Crippen molar-refractivity contribution in [3.63, 3.8) is 0 Å². The van der Waals surface area contributed by atoms with Crippen LogP contribution in [-0.4, -0.2) is 18.7 Å². The molecule has 1 amide bonds. The molecule has 0 bridgehead atoms. The van der Waals surface area contributed by atoms with Gasteiger partial charge < -0.3 is 10.1 Å². The number of ether oxygens (including phenoxy) is 1. The lowest BCUT2D eigenvalue weighted by Crippen LogP contribution is -2.41. The zero-order chi connectivity index (χ0) is 24.9. The lowest BCUT2D eigenvalue weighted by atomic mass is 9.57. The molecule has 35 heavy (non-hydrogen) atoms. The molecule has 4 rings (SSSR count). The third-order valence-corrected chi connectivity index (χ3v) is 8.59. The van der Waals surface area contributed by atoms with Crippen LogP contribution in [0, 0.1) is 47.9 Å². The van der Waals surface area contributed by atoms with Gasteiger partial charge in [0.1, 0.15) is 6.10 Å². The number of rotatable bonds is 6. The summed E-state index contributed by atoms with van der Waals surface area (Å²) in [4.78, 5) is 11.7. The molecule has 3 saturated carbocycles. The third-order valence-electron chi connectivity index (χ3n) is 8.59. The zero-order valence-electron chi connectivity index (χ0n) is 22.9. The van der Waals surface area contributed by atoms with Gasteiger partial charge in [-0.3, -0.25) is 0 Å². The Morgan fingerprint density at radius 3 is 2.54 bits per heavy atom. The number of terminal acetylenes is 1. The first-order chi connectivity index (χ1) is 16.5. The Morgan fingerprint density at radius 2 is 1.86 bits per heavy atom. The molecule has 4 aliphatic rings. The molecule has 0 aromatic carbocycles. The summed E-state index contributed by atoms with van der Waals surface area (Å²) in [5, 5.41) is 2.61. The van der Waals surface area contributed by atoms with Crippen LogP contribution in [0.5, 0.6) is 0 Å². The zero-order valence-corrected chi connectivity index (χ0v) is 22.9. The van der Waals surface area contributed by atoms with Gasteiger partial charge in [-0.1, -0.05) is 98.1 Å². The topological polar surface area (TPSA) is 38.3 Å². The average molecular weight is 488 g/mol. The van der Waals surface area contributed by atoms with E-state index in [0.717, 1.165) is 48.3 Å². The number of hydrogen-bond acceptors (Lipinski definition) is 2. The molecule has 0 spiro atoms. The van der Waals surface area contributed by atoms with Crippen LogP contribution in [0.4, 0.5) is 4.79 Å². The second-order valence-electron chi connectivity index (χ2n) is 11.1. The van der Waals surface area contributed by atoms with Crippen LogP contribution in [0.25, 0.3) is 0 Å². The Morgan fingerprint density at radius 1 is 1.09 bits per heavy atom. The van der Waals surface area contributed by atoms with E-state index in [9.17, 15) is 4.79 Å². The molecular formula is C32H57NO2. The molecule has 0 radical (unpaired) electrons. The number of fused-ring (bicyclic) bond motifs is 5. The largest absolute Gasteiger partial charge is 0.446 e. The molecule has 3 fully saturated rings. The highest BCUT2D eigenvalue weighted by atomic mass is 16.6. The maximum atomic E-state index is 11.7. The van der Waals surface area contributed by atoms with Crippen molar-refractivity contribution < 1.29 is 9.53 Å². The number of allylic oxidation sites excluding steroid dienone is 1. The van der Waals surface area contributed by atoms with Crippen molar-refractivity contribution in [2.45, 2.75) is 132 Å². The van der Waals surface area contributed by atoms with Crippen molar-refractivity contribution in [3.8, 4) is 12.3 Å². The van der Waals surface area contributed by atoms with Crippen LogP contribution >= 0.6 is 0 Å². The van der Waals surface area contributed by atoms with Crippen LogP contribution in [0.15, 0.2) is 11.6 Å². The van der Waals surface area contributed by atoms with Crippen molar-refractivity contribution in [1.29, 1.82) is 0 Å². The summed E-state index contributed by atoms with van der Waals surface area (Å²) >= 11 is 0. The first-order valence-corrected chi connectivity index (χ1v) is 14.6. The third kappa shape index (κ3) is 9.51. The molecule has 0 saturated heterocycles. The number of carbonyl (C=O) groups excluding carboxylic acids is 1. The standard InChI is InChI=1S/C21H29NO2.C8H18.C2H6.CH4/c1-2-12-22-21(23)24-16-8-11-18-15(13-16)7-10-19-17-5-3-4-14(17)6-9-20(18)19;1-4-5-6-7-8(2)3;1-2;/h1,7,14,16-20H,3-6,8-13H2,(H,22,23);8H,4-7H2,1-3H3;1-2H3;1H4. The van der Waals surface area contributed by atoms with Crippen LogP contribution in [0.1, 0.15) is 126 Å². The number of unbranched alkanes of at least 4 members (excludes halogenated alkanes) is 2. The molecule has 3 heteroatoms. The van der Waals surface area contributed by atoms with Crippen molar-refractivity contribution >= 4 is 6.09 Å². The SMILES string of the molecule is C.C#CCNC(=O)OC1CCC2C(=CCC3C4CCCC4CCC23)C1.CC.CCCCCC(C)C. The Kier molecular flexibility index (Phi) is 15.4. The fraction of sp³-hybridized carbons (Fsp3) is 0.844. The monoisotopic (exact) mass is 487 g/mol. The van der Waals surface area contributed by atoms with Gasteiger partial charge in [-0.15, -0.1) is 6.42 Å². The van der Waals surface area contributed by atoms with Gasteiger partial charge in [0.15, 0.2) is 0 Å². The van der Waals surface area contributed by atoms with E-state index in [1.807, 2.05) is 13.8 Å². The molecule has 0 heterocycles. The van der Waals surface area contributed by atoms with Gasteiger partial charge in [-0.25, -0.2) is 4.79 Å². The summed E-state index contributed by atoms with van der Waals surface area (Å²) in [6.45, 7) is 11.1. The van der Waals surface area contributed by atoms with E-state index in [0.29, 0.717) is 0 Å². The van der Waals surface area contributed by atoms with Crippen LogP contribution in [0.3, 0.4) is 0 Å². The Hall–Kier alpha value is -1.43. The van der Waals surface area contributed by atoms with Crippen molar-refractivity contribution in [1.82, 2.24) is 5.32 Å². The molecule has 3 nitrogen and oxygen atoms in total. The summed E-state index contributed by atoms with van der Waals surface area (Å²) in [5.74, 6) is 7.95.